The minimum Gasteiger partial charge on any atom is -0.493 e. The van der Waals surface area contributed by atoms with Gasteiger partial charge in [-0.1, -0.05) is 12.1 Å². The molecule has 1 atom stereocenters. The van der Waals surface area contributed by atoms with Crippen molar-refractivity contribution < 1.29 is 24.1 Å². The lowest BCUT2D eigenvalue weighted by atomic mass is 10.0. The number of hydrogen-bond acceptors (Lipinski definition) is 7. The molecule has 36 heavy (non-hydrogen) atoms. The van der Waals surface area contributed by atoms with Crippen LogP contribution in [0.15, 0.2) is 49.1 Å². The molecule has 1 saturated heterocycles. The van der Waals surface area contributed by atoms with E-state index in [0.29, 0.717) is 50.9 Å². The van der Waals surface area contributed by atoms with Crippen molar-refractivity contribution in [2.24, 2.45) is 0 Å². The van der Waals surface area contributed by atoms with Gasteiger partial charge in [0.1, 0.15) is 24.6 Å². The summed E-state index contributed by atoms with van der Waals surface area (Å²) < 4.78 is 25.4. The third-order valence-corrected chi connectivity index (χ3v) is 6.50. The van der Waals surface area contributed by atoms with Crippen LogP contribution >= 0.6 is 0 Å². The highest BCUT2D eigenvalue weighted by Crippen LogP contribution is 2.29. The number of aryl methyl sites for hydroxylation is 2. The fourth-order valence-electron chi connectivity index (χ4n) is 4.45. The fraction of sp³-hybridized carbons (Fsp3) is 0.464. The lowest BCUT2D eigenvalue weighted by molar-refractivity contribution is -0.0648. The molecule has 1 aliphatic rings. The molecular weight excluding hydrogens is 458 g/mol. The van der Waals surface area contributed by atoms with E-state index in [1.807, 2.05) is 42.0 Å². The summed E-state index contributed by atoms with van der Waals surface area (Å²) in [7, 11) is 1.64. The van der Waals surface area contributed by atoms with Crippen LogP contribution in [0.5, 0.6) is 17.2 Å². The summed E-state index contributed by atoms with van der Waals surface area (Å²) >= 11 is 0. The van der Waals surface area contributed by atoms with E-state index in [0.717, 1.165) is 22.4 Å². The number of ether oxygens (including phenoxy) is 4. The molecule has 3 aromatic rings. The van der Waals surface area contributed by atoms with Crippen LogP contribution in [0.4, 0.5) is 0 Å². The maximum atomic E-state index is 11.4. The summed E-state index contributed by atoms with van der Waals surface area (Å²) in [6.07, 6.45) is 5.43. The highest BCUT2D eigenvalue weighted by Gasteiger charge is 2.34. The zero-order chi connectivity index (χ0) is 25.5. The van der Waals surface area contributed by atoms with Crippen molar-refractivity contribution in [1.82, 2.24) is 14.5 Å². The van der Waals surface area contributed by atoms with Crippen molar-refractivity contribution in [3.05, 3.63) is 71.3 Å². The summed E-state index contributed by atoms with van der Waals surface area (Å²) in [6.45, 7) is 10.1. The molecule has 2 heterocycles. The van der Waals surface area contributed by atoms with Gasteiger partial charge in [-0.3, -0.25) is 4.90 Å². The first-order valence-corrected chi connectivity index (χ1v) is 12.3. The van der Waals surface area contributed by atoms with Crippen LogP contribution in [-0.4, -0.2) is 71.8 Å². The Morgan fingerprint density at radius 1 is 1.08 bits per heavy atom. The van der Waals surface area contributed by atoms with Crippen LogP contribution in [-0.2, 0) is 17.8 Å². The number of nitrogens with zero attached hydrogens (tertiary/aromatic N) is 3. The first-order valence-electron chi connectivity index (χ1n) is 12.3. The molecule has 0 unspecified atom stereocenters. The van der Waals surface area contributed by atoms with Gasteiger partial charge in [0, 0.05) is 32.0 Å². The molecule has 0 radical (unpaired) electrons. The molecule has 0 amide bonds. The molecule has 1 N–H and O–H groups in total. The molecule has 1 aliphatic heterocycles. The van der Waals surface area contributed by atoms with Crippen LogP contribution in [0.2, 0.25) is 0 Å². The molecule has 194 valence electrons. The van der Waals surface area contributed by atoms with Crippen molar-refractivity contribution in [2.75, 3.05) is 46.6 Å². The van der Waals surface area contributed by atoms with Crippen LogP contribution in [0.1, 0.15) is 22.3 Å². The van der Waals surface area contributed by atoms with E-state index in [9.17, 15) is 5.11 Å². The largest absolute Gasteiger partial charge is 0.493 e. The van der Waals surface area contributed by atoms with Gasteiger partial charge >= 0.3 is 0 Å². The van der Waals surface area contributed by atoms with Crippen molar-refractivity contribution >= 4 is 0 Å². The Morgan fingerprint density at radius 2 is 1.94 bits per heavy atom. The van der Waals surface area contributed by atoms with E-state index < -0.39 is 5.60 Å². The second-order valence-corrected chi connectivity index (χ2v) is 9.62. The molecule has 8 heteroatoms. The molecule has 0 bridgehead atoms. The zero-order valence-electron chi connectivity index (χ0n) is 21.7. The van der Waals surface area contributed by atoms with Gasteiger partial charge in [-0.2, -0.15) is 0 Å². The average Bonchev–Trinajstić information content (AvgIpc) is 3.30. The van der Waals surface area contributed by atoms with Crippen LogP contribution in [0.25, 0.3) is 0 Å². The standard InChI is InChI=1S/C28H37N3O5/c1-21-13-22(2)23(3)26(14-21)36-19-28(32)17-31(9-11-34-18-28)16-24-5-6-25(33-4)27(15-24)35-12-10-30-8-7-29-20-30/h5-8,13-15,20,32H,9-12,16-19H2,1-4H3/t28-/m0/s1. The van der Waals surface area contributed by atoms with Gasteiger partial charge in [-0.05, 0) is 61.2 Å². The second-order valence-electron chi connectivity index (χ2n) is 9.62. The number of aliphatic hydroxyl groups is 1. The van der Waals surface area contributed by atoms with Gasteiger partial charge in [0.25, 0.3) is 0 Å². The highest BCUT2D eigenvalue weighted by atomic mass is 16.5. The maximum Gasteiger partial charge on any atom is 0.161 e. The number of methoxy groups -OCH3 is 1. The number of rotatable bonds is 10. The molecule has 0 saturated carbocycles. The normalized spacial score (nSPS) is 18.6. The van der Waals surface area contributed by atoms with Gasteiger partial charge in [0.15, 0.2) is 11.5 Å². The number of benzene rings is 2. The summed E-state index contributed by atoms with van der Waals surface area (Å²) in [6, 6.07) is 10.1. The van der Waals surface area contributed by atoms with Crippen LogP contribution in [0, 0.1) is 20.8 Å². The minimum atomic E-state index is -1.11. The Labute approximate surface area is 213 Å². The van der Waals surface area contributed by atoms with Crippen LogP contribution in [0.3, 0.4) is 0 Å². The van der Waals surface area contributed by atoms with Crippen molar-refractivity contribution in [3.8, 4) is 17.2 Å². The summed E-state index contributed by atoms with van der Waals surface area (Å²) in [5.74, 6) is 2.20. The van der Waals surface area contributed by atoms with Crippen molar-refractivity contribution in [3.63, 3.8) is 0 Å². The quantitative estimate of drug-likeness (QED) is 0.461. The predicted octanol–water partition coefficient (Wildman–Crippen LogP) is 3.54. The monoisotopic (exact) mass is 495 g/mol. The minimum absolute atomic E-state index is 0.165. The zero-order valence-corrected chi connectivity index (χ0v) is 21.7. The van der Waals surface area contributed by atoms with Crippen molar-refractivity contribution in [1.29, 1.82) is 0 Å². The van der Waals surface area contributed by atoms with Crippen LogP contribution < -0.4 is 14.2 Å². The van der Waals surface area contributed by atoms with Gasteiger partial charge in [0.2, 0.25) is 0 Å². The van der Waals surface area contributed by atoms with Gasteiger partial charge in [0.05, 0.1) is 33.2 Å². The maximum absolute atomic E-state index is 11.4. The Bertz CT molecular complexity index is 1130. The van der Waals surface area contributed by atoms with Gasteiger partial charge < -0.3 is 28.6 Å². The predicted molar refractivity (Wildman–Crippen MR) is 138 cm³/mol. The number of β-amino-alcohol motifs (C(OH)–C–C–N with tert-alkyl or cyclic N) is 1. The molecule has 8 nitrogen and oxygen atoms in total. The molecule has 1 aromatic heterocycles. The van der Waals surface area contributed by atoms with Crippen molar-refractivity contribution in [2.45, 2.75) is 39.5 Å². The van der Waals surface area contributed by atoms with Gasteiger partial charge in [-0.15, -0.1) is 0 Å². The topological polar surface area (TPSA) is 78.2 Å². The van der Waals surface area contributed by atoms with E-state index in [1.54, 1.807) is 19.6 Å². The molecular formula is C28H37N3O5. The fourth-order valence-corrected chi connectivity index (χ4v) is 4.45. The molecule has 1 fully saturated rings. The van der Waals surface area contributed by atoms with Gasteiger partial charge in [-0.25, -0.2) is 4.98 Å². The first kappa shape index (κ1) is 26.0. The Kier molecular flexibility index (Phi) is 8.51. The average molecular weight is 496 g/mol. The smallest absolute Gasteiger partial charge is 0.161 e. The lowest BCUT2D eigenvalue weighted by Crippen LogP contribution is -2.48. The first-order chi connectivity index (χ1) is 17.3. The number of aromatic nitrogens is 2. The SMILES string of the molecule is COc1ccc(CN2CCOC[C@](O)(COc3cc(C)cc(C)c3C)C2)cc1OCCn1ccnc1. The van der Waals surface area contributed by atoms with E-state index in [2.05, 4.69) is 29.8 Å². The summed E-state index contributed by atoms with van der Waals surface area (Å²) in [5.41, 5.74) is 3.37. The van der Waals surface area contributed by atoms with E-state index in [1.165, 1.54) is 5.56 Å². The molecule has 2 aromatic carbocycles. The highest BCUT2D eigenvalue weighted by molar-refractivity contribution is 5.43. The molecule has 0 spiro atoms. The lowest BCUT2D eigenvalue weighted by Gasteiger charge is -2.31. The van der Waals surface area contributed by atoms with E-state index in [-0.39, 0.29) is 13.2 Å². The van der Waals surface area contributed by atoms with E-state index in [4.69, 9.17) is 18.9 Å². The number of hydrogen-bond donors (Lipinski definition) is 1. The third-order valence-electron chi connectivity index (χ3n) is 6.50. The Morgan fingerprint density at radius 3 is 2.72 bits per heavy atom. The Balaban J connectivity index is 1.40. The Hall–Kier alpha value is -3.07. The number of imidazole rings is 1. The molecule has 4 rings (SSSR count). The third kappa shape index (κ3) is 6.78. The molecule has 0 aliphatic carbocycles. The van der Waals surface area contributed by atoms with E-state index >= 15 is 0 Å². The second kappa shape index (κ2) is 11.8. The summed E-state index contributed by atoms with van der Waals surface area (Å²) in [4.78, 5) is 6.26. The summed E-state index contributed by atoms with van der Waals surface area (Å²) in [5, 5.41) is 11.4.